The number of nitrogens with zero attached hydrogens (tertiary/aromatic N) is 3. The third kappa shape index (κ3) is 3.43. The fourth-order valence-electron chi connectivity index (χ4n) is 1.81. The van der Waals surface area contributed by atoms with Crippen LogP contribution >= 0.6 is 15.9 Å². The number of halogens is 1. The zero-order valence-electron chi connectivity index (χ0n) is 10.7. The highest BCUT2D eigenvalue weighted by Gasteiger charge is 2.17. The van der Waals surface area contributed by atoms with Crippen molar-refractivity contribution in [2.45, 2.75) is 6.42 Å². The number of carbonyl (C=O) groups is 1. The molecule has 0 fully saturated rings. The van der Waals surface area contributed by atoms with Crippen LogP contribution in [0.25, 0.3) is 0 Å². The highest BCUT2D eigenvalue weighted by atomic mass is 79.9. The Morgan fingerprint density at radius 2 is 2.05 bits per heavy atom. The van der Waals surface area contributed by atoms with Gasteiger partial charge in [-0.1, -0.05) is 18.2 Å². The normalized spacial score (nSPS) is 9.80. The Balaban J connectivity index is 2.32. The Bertz CT molecular complexity index is 637. The van der Waals surface area contributed by atoms with Gasteiger partial charge in [0.05, 0.1) is 12.5 Å². The monoisotopic (exact) mass is 329 g/mol. The third-order valence-electron chi connectivity index (χ3n) is 2.73. The van der Waals surface area contributed by atoms with Gasteiger partial charge < -0.3 is 4.90 Å². The minimum atomic E-state index is -0.144. The number of pyridine rings is 1. The lowest BCUT2D eigenvalue weighted by atomic mass is 10.2. The number of hydrogen-bond acceptors (Lipinski definition) is 3. The van der Waals surface area contributed by atoms with Gasteiger partial charge in [-0.3, -0.25) is 4.79 Å². The fraction of sp³-hybridized carbons (Fsp3) is 0.133. The van der Waals surface area contributed by atoms with Crippen LogP contribution in [0.15, 0.2) is 53.3 Å². The molecule has 5 heteroatoms. The molecule has 100 valence electrons. The zero-order valence-corrected chi connectivity index (χ0v) is 12.2. The molecular weight excluding hydrogens is 318 g/mol. The second-order valence-electron chi connectivity index (χ2n) is 4.07. The van der Waals surface area contributed by atoms with E-state index < -0.39 is 0 Å². The summed E-state index contributed by atoms with van der Waals surface area (Å²) in [6.45, 7) is 0.360. The summed E-state index contributed by atoms with van der Waals surface area (Å²) in [5.74, 6) is -0.144. The van der Waals surface area contributed by atoms with Crippen LogP contribution in [0.1, 0.15) is 16.8 Å². The average Bonchev–Trinajstić information content (AvgIpc) is 2.48. The van der Waals surface area contributed by atoms with Crippen LogP contribution in [0.4, 0.5) is 5.69 Å². The predicted molar refractivity (Wildman–Crippen MR) is 80.3 cm³/mol. The van der Waals surface area contributed by atoms with Crippen LogP contribution < -0.4 is 4.90 Å². The molecule has 0 saturated heterocycles. The summed E-state index contributed by atoms with van der Waals surface area (Å²) in [7, 11) is 0. The molecule has 0 atom stereocenters. The highest BCUT2D eigenvalue weighted by Crippen LogP contribution is 2.18. The van der Waals surface area contributed by atoms with Crippen molar-refractivity contribution in [3.63, 3.8) is 0 Å². The summed E-state index contributed by atoms with van der Waals surface area (Å²) in [6, 6.07) is 14.7. The van der Waals surface area contributed by atoms with Crippen molar-refractivity contribution in [1.82, 2.24) is 4.98 Å². The summed E-state index contributed by atoms with van der Waals surface area (Å²) in [4.78, 5) is 18.2. The Kier molecular flexibility index (Phi) is 4.85. The first kappa shape index (κ1) is 14.2. The number of amides is 1. The van der Waals surface area contributed by atoms with Crippen LogP contribution in [-0.4, -0.2) is 17.4 Å². The maximum absolute atomic E-state index is 12.6. The van der Waals surface area contributed by atoms with Gasteiger partial charge >= 0.3 is 0 Å². The minimum Gasteiger partial charge on any atom is -0.307 e. The first-order valence-corrected chi connectivity index (χ1v) is 6.87. The van der Waals surface area contributed by atoms with E-state index in [0.717, 1.165) is 5.69 Å². The van der Waals surface area contributed by atoms with Crippen LogP contribution in [-0.2, 0) is 0 Å². The van der Waals surface area contributed by atoms with Crippen LogP contribution in [0.2, 0.25) is 0 Å². The van der Waals surface area contributed by atoms with Gasteiger partial charge in [-0.2, -0.15) is 5.26 Å². The molecule has 0 unspecified atom stereocenters. The van der Waals surface area contributed by atoms with Crippen molar-refractivity contribution in [2.24, 2.45) is 0 Å². The molecule has 0 saturated carbocycles. The van der Waals surface area contributed by atoms with Crippen LogP contribution in [0.3, 0.4) is 0 Å². The van der Waals surface area contributed by atoms with E-state index in [1.807, 2.05) is 30.3 Å². The Hall–Kier alpha value is -2.19. The second-order valence-corrected chi connectivity index (χ2v) is 4.88. The van der Waals surface area contributed by atoms with E-state index in [1.54, 1.807) is 23.2 Å². The zero-order chi connectivity index (χ0) is 14.4. The first-order chi connectivity index (χ1) is 9.72. The van der Waals surface area contributed by atoms with Crippen molar-refractivity contribution >= 4 is 27.5 Å². The largest absolute Gasteiger partial charge is 0.307 e. The van der Waals surface area contributed by atoms with Gasteiger partial charge in [0, 0.05) is 24.0 Å². The standard InChI is InChI=1S/C15H12BrN3O/c16-14-11-12(7-9-18-14)15(20)19(10-4-8-17)13-5-2-1-3-6-13/h1-3,5-7,9,11H,4,10H2. The summed E-state index contributed by atoms with van der Waals surface area (Å²) in [6.07, 6.45) is 1.86. The third-order valence-corrected chi connectivity index (χ3v) is 3.17. The molecule has 0 aliphatic carbocycles. The SMILES string of the molecule is N#CCCN(C(=O)c1ccnc(Br)c1)c1ccccc1. The molecule has 20 heavy (non-hydrogen) atoms. The molecular formula is C15H12BrN3O. The van der Waals surface area contributed by atoms with Gasteiger partial charge in [0.1, 0.15) is 4.60 Å². The summed E-state index contributed by atoms with van der Waals surface area (Å²) < 4.78 is 0.608. The maximum atomic E-state index is 12.6. The molecule has 1 amide bonds. The van der Waals surface area contributed by atoms with Gasteiger partial charge in [-0.25, -0.2) is 4.98 Å². The lowest BCUT2D eigenvalue weighted by molar-refractivity contribution is 0.0987. The fourth-order valence-corrected chi connectivity index (χ4v) is 2.17. The van der Waals surface area contributed by atoms with Crippen LogP contribution in [0.5, 0.6) is 0 Å². The predicted octanol–water partition coefficient (Wildman–Crippen LogP) is 3.40. The molecule has 0 aliphatic rings. The molecule has 0 aliphatic heterocycles. The minimum absolute atomic E-state index is 0.144. The maximum Gasteiger partial charge on any atom is 0.258 e. The summed E-state index contributed by atoms with van der Waals surface area (Å²) in [5, 5.41) is 8.75. The van der Waals surface area contributed by atoms with Crippen molar-refractivity contribution in [3.8, 4) is 6.07 Å². The van der Waals surface area contributed by atoms with Crippen molar-refractivity contribution in [2.75, 3.05) is 11.4 Å². The number of para-hydroxylation sites is 1. The van der Waals surface area contributed by atoms with Gasteiger partial charge in [0.2, 0.25) is 0 Å². The molecule has 0 radical (unpaired) electrons. The van der Waals surface area contributed by atoms with Crippen LogP contribution in [0, 0.1) is 11.3 Å². The number of hydrogen-bond donors (Lipinski definition) is 0. The van der Waals surface area contributed by atoms with Gasteiger partial charge in [-0.05, 0) is 40.2 Å². The number of aromatic nitrogens is 1. The Morgan fingerprint density at radius 3 is 2.70 bits per heavy atom. The quantitative estimate of drug-likeness (QED) is 0.807. The lowest BCUT2D eigenvalue weighted by Crippen LogP contribution is -2.31. The van der Waals surface area contributed by atoms with E-state index in [2.05, 4.69) is 27.0 Å². The molecule has 2 aromatic rings. The van der Waals surface area contributed by atoms with E-state index in [1.165, 1.54) is 0 Å². The molecule has 0 bridgehead atoms. The molecule has 4 nitrogen and oxygen atoms in total. The van der Waals surface area contributed by atoms with Gasteiger partial charge in [0.15, 0.2) is 0 Å². The van der Waals surface area contributed by atoms with Crippen molar-refractivity contribution in [1.29, 1.82) is 5.26 Å². The molecule has 1 aromatic heterocycles. The molecule has 1 heterocycles. The highest BCUT2D eigenvalue weighted by molar-refractivity contribution is 9.10. The van der Waals surface area contributed by atoms with E-state index in [9.17, 15) is 4.79 Å². The average molecular weight is 330 g/mol. The van der Waals surface area contributed by atoms with Crippen molar-refractivity contribution in [3.05, 3.63) is 58.8 Å². The van der Waals surface area contributed by atoms with E-state index in [4.69, 9.17) is 5.26 Å². The molecule has 0 N–H and O–H groups in total. The van der Waals surface area contributed by atoms with Gasteiger partial charge in [-0.15, -0.1) is 0 Å². The first-order valence-electron chi connectivity index (χ1n) is 6.08. The number of anilines is 1. The Morgan fingerprint density at radius 1 is 1.30 bits per heavy atom. The number of rotatable bonds is 4. The van der Waals surface area contributed by atoms with Crippen molar-refractivity contribution < 1.29 is 4.79 Å². The summed E-state index contributed by atoms with van der Waals surface area (Å²) >= 11 is 3.25. The topological polar surface area (TPSA) is 57.0 Å². The molecule has 0 spiro atoms. The molecule has 2 rings (SSSR count). The summed E-state index contributed by atoms with van der Waals surface area (Å²) in [5.41, 5.74) is 1.31. The van der Waals surface area contributed by atoms with E-state index in [0.29, 0.717) is 16.7 Å². The number of carbonyl (C=O) groups excluding carboxylic acids is 1. The van der Waals surface area contributed by atoms with Gasteiger partial charge in [0.25, 0.3) is 5.91 Å². The van der Waals surface area contributed by atoms with E-state index >= 15 is 0 Å². The second kappa shape index (κ2) is 6.83. The lowest BCUT2D eigenvalue weighted by Gasteiger charge is -2.21. The Labute approximate surface area is 125 Å². The number of nitriles is 1. The smallest absolute Gasteiger partial charge is 0.258 e. The molecule has 1 aromatic carbocycles. The van der Waals surface area contributed by atoms with E-state index in [-0.39, 0.29) is 12.3 Å². The number of benzene rings is 1.